The van der Waals surface area contributed by atoms with Crippen LogP contribution in [-0.2, 0) is 0 Å². The van der Waals surface area contributed by atoms with E-state index in [9.17, 15) is 4.79 Å². The van der Waals surface area contributed by atoms with Crippen molar-refractivity contribution >= 4 is 22.9 Å². The van der Waals surface area contributed by atoms with Crippen molar-refractivity contribution in [2.45, 2.75) is 26.2 Å². The van der Waals surface area contributed by atoms with Crippen molar-refractivity contribution < 1.29 is 4.79 Å². The molecule has 0 spiro atoms. The van der Waals surface area contributed by atoms with Crippen LogP contribution in [-0.4, -0.2) is 12.5 Å². The second kappa shape index (κ2) is 3.85. The van der Waals surface area contributed by atoms with Gasteiger partial charge in [-0.1, -0.05) is 13.3 Å². The van der Waals surface area contributed by atoms with Crippen LogP contribution >= 0.6 is 11.3 Å². The van der Waals surface area contributed by atoms with Gasteiger partial charge in [-0.3, -0.25) is 4.79 Å². The van der Waals surface area contributed by atoms with Gasteiger partial charge in [-0.15, -0.1) is 11.3 Å². The number of amides is 1. The van der Waals surface area contributed by atoms with Crippen molar-refractivity contribution in [3.63, 3.8) is 0 Å². The molecule has 3 nitrogen and oxygen atoms in total. The molecule has 4 heteroatoms. The SMILES string of the molecule is CC1(CNC(=O)c2sccc2N)CCC1. The molecule has 15 heavy (non-hydrogen) atoms. The van der Waals surface area contributed by atoms with Gasteiger partial charge in [-0.05, 0) is 29.7 Å². The van der Waals surface area contributed by atoms with E-state index in [1.165, 1.54) is 30.6 Å². The maximum atomic E-state index is 11.7. The molecule has 0 aliphatic heterocycles. The van der Waals surface area contributed by atoms with Crippen LogP contribution in [0, 0.1) is 5.41 Å². The summed E-state index contributed by atoms with van der Waals surface area (Å²) in [5.41, 5.74) is 6.58. The van der Waals surface area contributed by atoms with Crippen LogP contribution in [0.15, 0.2) is 11.4 Å². The van der Waals surface area contributed by atoms with Crippen LogP contribution < -0.4 is 11.1 Å². The van der Waals surface area contributed by atoms with Crippen LogP contribution in [0.4, 0.5) is 5.69 Å². The van der Waals surface area contributed by atoms with E-state index in [1.54, 1.807) is 6.07 Å². The van der Waals surface area contributed by atoms with Gasteiger partial charge in [0, 0.05) is 6.54 Å². The van der Waals surface area contributed by atoms with Crippen molar-refractivity contribution in [2.24, 2.45) is 5.41 Å². The minimum Gasteiger partial charge on any atom is -0.397 e. The monoisotopic (exact) mass is 224 g/mol. The van der Waals surface area contributed by atoms with Crippen molar-refractivity contribution in [1.82, 2.24) is 5.32 Å². The number of carbonyl (C=O) groups is 1. The van der Waals surface area contributed by atoms with Gasteiger partial charge in [-0.2, -0.15) is 0 Å². The predicted octanol–water partition coefficient (Wildman–Crippen LogP) is 2.25. The standard InChI is InChI=1S/C11H16N2OS/c1-11(4-2-5-11)7-13-10(14)9-8(12)3-6-15-9/h3,6H,2,4-5,7,12H2,1H3,(H,13,14). The molecule has 1 aliphatic rings. The molecule has 0 aromatic carbocycles. The first-order valence-electron chi connectivity index (χ1n) is 5.22. The lowest BCUT2D eigenvalue weighted by Gasteiger charge is -2.38. The van der Waals surface area contributed by atoms with Gasteiger partial charge in [0.1, 0.15) is 4.88 Å². The van der Waals surface area contributed by atoms with Crippen molar-refractivity contribution in [3.8, 4) is 0 Å². The molecule has 2 rings (SSSR count). The average Bonchev–Trinajstić information content (AvgIpc) is 2.58. The Morgan fingerprint density at radius 3 is 2.87 bits per heavy atom. The highest BCUT2D eigenvalue weighted by Gasteiger charge is 2.32. The molecule has 1 amide bonds. The Morgan fingerprint density at radius 2 is 2.40 bits per heavy atom. The summed E-state index contributed by atoms with van der Waals surface area (Å²) in [6.45, 7) is 2.98. The van der Waals surface area contributed by atoms with Crippen molar-refractivity contribution in [1.29, 1.82) is 0 Å². The van der Waals surface area contributed by atoms with Gasteiger partial charge in [0.2, 0.25) is 0 Å². The number of nitrogen functional groups attached to an aromatic ring is 1. The Labute approximate surface area is 93.7 Å². The summed E-state index contributed by atoms with van der Waals surface area (Å²) in [5, 5.41) is 4.80. The van der Waals surface area contributed by atoms with Gasteiger partial charge in [0.05, 0.1) is 5.69 Å². The number of hydrogen-bond donors (Lipinski definition) is 2. The fourth-order valence-electron chi connectivity index (χ4n) is 1.83. The number of anilines is 1. The molecule has 0 unspecified atom stereocenters. The minimum atomic E-state index is -0.0318. The normalized spacial score (nSPS) is 18.2. The van der Waals surface area contributed by atoms with E-state index >= 15 is 0 Å². The summed E-state index contributed by atoms with van der Waals surface area (Å²) in [4.78, 5) is 12.4. The first-order valence-corrected chi connectivity index (χ1v) is 6.10. The summed E-state index contributed by atoms with van der Waals surface area (Å²) < 4.78 is 0. The predicted molar refractivity (Wildman–Crippen MR) is 63.0 cm³/mol. The molecule has 0 radical (unpaired) electrons. The average molecular weight is 224 g/mol. The van der Waals surface area contributed by atoms with Crippen LogP contribution in [0.1, 0.15) is 35.9 Å². The lowest BCUT2D eigenvalue weighted by atomic mass is 9.70. The number of hydrogen-bond acceptors (Lipinski definition) is 3. The molecule has 0 saturated heterocycles. The summed E-state index contributed by atoms with van der Waals surface area (Å²) in [6.07, 6.45) is 3.72. The number of nitrogens with one attached hydrogen (secondary N) is 1. The third-order valence-electron chi connectivity index (χ3n) is 3.14. The second-order valence-electron chi connectivity index (χ2n) is 4.55. The molecule has 82 valence electrons. The van der Waals surface area contributed by atoms with E-state index in [0.29, 0.717) is 16.0 Å². The topological polar surface area (TPSA) is 55.1 Å². The Morgan fingerprint density at radius 1 is 1.67 bits per heavy atom. The number of nitrogens with two attached hydrogens (primary N) is 1. The van der Waals surface area contributed by atoms with E-state index in [4.69, 9.17) is 5.73 Å². The molecule has 1 aromatic heterocycles. The third-order valence-corrected chi connectivity index (χ3v) is 4.07. The fraction of sp³-hybridized carbons (Fsp3) is 0.545. The Hall–Kier alpha value is -1.03. The first kappa shape index (κ1) is 10.5. The van der Waals surface area contributed by atoms with E-state index < -0.39 is 0 Å². The summed E-state index contributed by atoms with van der Waals surface area (Å²) in [5.74, 6) is -0.0318. The highest BCUT2D eigenvalue weighted by molar-refractivity contribution is 7.12. The minimum absolute atomic E-state index is 0.0318. The van der Waals surface area contributed by atoms with E-state index in [1.807, 2.05) is 5.38 Å². The van der Waals surface area contributed by atoms with Gasteiger partial charge >= 0.3 is 0 Å². The molecule has 1 fully saturated rings. The maximum Gasteiger partial charge on any atom is 0.263 e. The van der Waals surface area contributed by atoms with Crippen molar-refractivity contribution in [3.05, 3.63) is 16.3 Å². The highest BCUT2D eigenvalue weighted by atomic mass is 32.1. The van der Waals surface area contributed by atoms with Gasteiger partial charge in [0.15, 0.2) is 0 Å². The summed E-state index contributed by atoms with van der Waals surface area (Å²) in [6, 6.07) is 1.77. The van der Waals surface area contributed by atoms with Crippen LogP contribution in [0.5, 0.6) is 0 Å². The Bertz CT molecular complexity index is 368. The summed E-state index contributed by atoms with van der Waals surface area (Å²) in [7, 11) is 0. The molecule has 1 aliphatic carbocycles. The molecule has 1 saturated carbocycles. The molecule has 0 atom stereocenters. The smallest absolute Gasteiger partial charge is 0.263 e. The summed E-state index contributed by atoms with van der Waals surface area (Å²) >= 11 is 1.40. The zero-order valence-electron chi connectivity index (χ0n) is 8.88. The Kier molecular flexibility index (Phi) is 2.69. The van der Waals surface area contributed by atoms with Gasteiger partial charge in [0.25, 0.3) is 5.91 Å². The molecule has 1 aromatic rings. The van der Waals surface area contributed by atoms with Crippen LogP contribution in [0.3, 0.4) is 0 Å². The maximum absolute atomic E-state index is 11.7. The Balaban J connectivity index is 1.90. The second-order valence-corrected chi connectivity index (χ2v) is 5.47. The van der Waals surface area contributed by atoms with Crippen LogP contribution in [0.25, 0.3) is 0 Å². The van der Waals surface area contributed by atoms with Crippen LogP contribution in [0.2, 0.25) is 0 Å². The zero-order chi connectivity index (χ0) is 10.9. The highest BCUT2D eigenvalue weighted by Crippen LogP contribution is 2.39. The number of rotatable bonds is 3. The van der Waals surface area contributed by atoms with Crippen molar-refractivity contribution in [2.75, 3.05) is 12.3 Å². The van der Waals surface area contributed by atoms with E-state index in [-0.39, 0.29) is 5.91 Å². The van der Waals surface area contributed by atoms with E-state index in [0.717, 1.165) is 6.54 Å². The quantitative estimate of drug-likeness (QED) is 0.827. The first-order chi connectivity index (χ1) is 7.11. The molecular formula is C11H16N2OS. The van der Waals surface area contributed by atoms with E-state index in [2.05, 4.69) is 12.2 Å². The van der Waals surface area contributed by atoms with Gasteiger partial charge < -0.3 is 11.1 Å². The lowest BCUT2D eigenvalue weighted by Crippen LogP contribution is -2.39. The molecule has 0 bridgehead atoms. The lowest BCUT2D eigenvalue weighted by molar-refractivity contribution is 0.0895. The zero-order valence-corrected chi connectivity index (χ0v) is 9.69. The fourth-order valence-corrected chi connectivity index (χ4v) is 2.57. The van der Waals surface area contributed by atoms with Gasteiger partial charge in [-0.25, -0.2) is 0 Å². The molecular weight excluding hydrogens is 208 g/mol. The third kappa shape index (κ3) is 2.15. The number of carbonyl (C=O) groups excluding carboxylic acids is 1. The molecule has 3 N–H and O–H groups in total. The largest absolute Gasteiger partial charge is 0.397 e. The number of thiophene rings is 1. The molecule has 1 heterocycles.